The Kier molecular flexibility index (Phi) is 3.60. The van der Waals surface area contributed by atoms with E-state index in [4.69, 9.17) is 5.11 Å². The van der Waals surface area contributed by atoms with E-state index in [9.17, 15) is 9.59 Å². The first kappa shape index (κ1) is 11.1. The van der Waals surface area contributed by atoms with Crippen molar-refractivity contribution in [1.29, 1.82) is 0 Å². The molecule has 0 bridgehead atoms. The number of rotatable bonds is 4. The molecule has 1 heterocycles. The number of amides is 2. The molecular weight excluding hydrogens is 184 g/mol. The van der Waals surface area contributed by atoms with Gasteiger partial charge in [-0.3, -0.25) is 14.5 Å². The summed E-state index contributed by atoms with van der Waals surface area (Å²) in [5.74, 6) is -0.373. The summed E-state index contributed by atoms with van der Waals surface area (Å²) in [6, 6.07) is -0.562. The molecular formula is C9H16N2O3. The van der Waals surface area contributed by atoms with Gasteiger partial charge < -0.3 is 10.4 Å². The molecule has 14 heavy (non-hydrogen) atoms. The third-order valence-corrected chi connectivity index (χ3v) is 2.53. The normalized spacial score (nSPS) is 24.5. The Bertz CT molecular complexity index is 238. The van der Waals surface area contributed by atoms with Gasteiger partial charge in [0.05, 0.1) is 19.1 Å². The van der Waals surface area contributed by atoms with Crippen LogP contribution in [0.5, 0.6) is 0 Å². The number of hydrogen-bond donors (Lipinski definition) is 2. The highest BCUT2D eigenvalue weighted by Crippen LogP contribution is 2.11. The summed E-state index contributed by atoms with van der Waals surface area (Å²) in [6.07, 6.45) is 0.935. The van der Waals surface area contributed by atoms with Crippen LogP contribution in [0.25, 0.3) is 0 Å². The Balaban J connectivity index is 2.54. The van der Waals surface area contributed by atoms with Gasteiger partial charge in [-0.15, -0.1) is 0 Å². The van der Waals surface area contributed by atoms with E-state index in [0.717, 1.165) is 11.3 Å². The number of carbonyl (C=O) groups excluding carboxylic acids is 2. The van der Waals surface area contributed by atoms with E-state index >= 15 is 0 Å². The second kappa shape index (κ2) is 4.52. The average molecular weight is 200 g/mol. The smallest absolute Gasteiger partial charge is 0.246 e. The number of aliphatic hydroxyl groups excluding tert-OH is 1. The van der Waals surface area contributed by atoms with Crippen LogP contribution < -0.4 is 5.32 Å². The SMILES string of the molecule is CCC(CO)NC1CC(=O)N(C)C1=O. The molecule has 0 aromatic rings. The van der Waals surface area contributed by atoms with Gasteiger partial charge in [-0.25, -0.2) is 0 Å². The fraction of sp³-hybridized carbons (Fsp3) is 0.778. The van der Waals surface area contributed by atoms with Crippen molar-refractivity contribution in [3.8, 4) is 0 Å². The van der Waals surface area contributed by atoms with Gasteiger partial charge in [0.2, 0.25) is 11.8 Å². The number of likely N-dealkylation sites (tertiary alicyclic amines) is 1. The molecule has 80 valence electrons. The predicted octanol–water partition coefficient (Wildman–Crippen LogP) is -0.896. The first-order valence-corrected chi connectivity index (χ1v) is 4.77. The zero-order chi connectivity index (χ0) is 10.7. The van der Waals surface area contributed by atoms with Crippen LogP contribution in [0.3, 0.4) is 0 Å². The molecule has 2 amide bonds. The van der Waals surface area contributed by atoms with Crippen molar-refractivity contribution in [2.45, 2.75) is 31.8 Å². The van der Waals surface area contributed by atoms with Crippen molar-refractivity contribution >= 4 is 11.8 Å². The maximum Gasteiger partial charge on any atom is 0.246 e. The van der Waals surface area contributed by atoms with E-state index in [1.807, 2.05) is 6.92 Å². The third kappa shape index (κ3) is 2.10. The molecule has 0 aromatic heterocycles. The van der Waals surface area contributed by atoms with Crippen molar-refractivity contribution < 1.29 is 14.7 Å². The van der Waals surface area contributed by atoms with E-state index < -0.39 is 6.04 Å². The highest BCUT2D eigenvalue weighted by Gasteiger charge is 2.36. The average Bonchev–Trinajstić information content (AvgIpc) is 2.42. The molecule has 5 heteroatoms. The zero-order valence-corrected chi connectivity index (χ0v) is 8.49. The van der Waals surface area contributed by atoms with Crippen LogP contribution in [0.4, 0.5) is 0 Å². The van der Waals surface area contributed by atoms with Gasteiger partial charge in [0.1, 0.15) is 0 Å². The van der Waals surface area contributed by atoms with Crippen molar-refractivity contribution in [3.05, 3.63) is 0 Å². The van der Waals surface area contributed by atoms with Crippen molar-refractivity contribution in [3.63, 3.8) is 0 Å². The van der Waals surface area contributed by atoms with Crippen LogP contribution in [0.2, 0.25) is 0 Å². The molecule has 0 saturated carbocycles. The molecule has 0 spiro atoms. The quantitative estimate of drug-likeness (QED) is 0.577. The van der Waals surface area contributed by atoms with E-state index in [2.05, 4.69) is 5.32 Å². The molecule has 0 aliphatic carbocycles. The molecule has 2 atom stereocenters. The van der Waals surface area contributed by atoms with E-state index in [-0.39, 0.29) is 30.9 Å². The van der Waals surface area contributed by atoms with Gasteiger partial charge in [-0.05, 0) is 6.42 Å². The van der Waals surface area contributed by atoms with Crippen molar-refractivity contribution in [2.24, 2.45) is 0 Å². The third-order valence-electron chi connectivity index (χ3n) is 2.53. The Labute approximate surface area is 83.1 Å². The Hall–Kier alpha value is -0.940. The Morgan fingerprint density at radius 1 is 1.64 bits per heavy atom. The summed E-state index contributed by atoms with van der Waals surface area (Å²) in [7, 11) is 1.48. The maximum absolute atomic E-state index is 11.4. The number of nitrogens with one attached hydrogen (secondary N) is 1. The lowest BCUT2D eigenvalue weighted by atomic mass is 10.1. The van der Waals surface area contributed by atoms with Crippen LogP contribution in [0, 0.1) is 0 Å². The van der Waals surface area contributed by atoms with Gasteiger partial charge in [-0.2, -0.15) is 0 Å². The lowest BCUT2D eigenvalue weighted by Crippen LogP contribution is -2.44. The lowest BCUT2D eigenvalue weighted by molar-refractivity contribution is -0.137. The number of hydrogen-bond acceptors (Lipinski definition) is 4. The number of imide groups is 1. The van der Waals surface area contributed by atoms with E-state index in [1.165, 1.54) is 7.05 Å². The minimum Gasteiger partial charge on any atom is -0.395 e. The second-order valence-corrected chi connectivity index (χ2v) is 3.50. The Morgan fingerprint density at radius 3 is 2.64 bits per heavy atom. The molecule has 1 fully saturated rings. The minimum atomic E-state index is -0.454. The molecule has 1 aliphatic rings. The Morgan fingerprint density at radius 2 is 2.29 bits per heavy atom. The van der Waals surface area contributed by atoms with Gasteiger partial charge >= 0.3 is 0 Å². The highest BCUT2D eigenvalue weighted by atomic mass is 16.3. The predicted molar refractivity (Wildman–Crippen MR) is 50.5 cm³/mol. The topological polar surface area (TPSA) is 69.6 Å². The summed E-state index contributed by atoms with van der Waals surface area (Å²) >= 11 is 0. The summed E-state index contributed by atoms with van der Waals surface area (Å²) in [5.41, 5.74) is 0. The largest absolute Gasteiger partial charge is 0.395 e. The molecule has 0 aromatic carbocycles. The second-order valence-electron chi connectivity index (χ2n) is 3.50. The summed E-state index contributed by atoms with van der Waals surface area (Å²) < 4.78 is 0. The van der Waals surface area contributed by atoms with Crippen molar-refractivity contribution in [2.75, 3.05) is 13.7 Å². The van der Waals surface area contributed by atoms with Crippen LogP contribution in [0.1, 0.15) is 19.8 Å². The van der Waals surface area contributed by atoms with Crippen LogP contribution in [-0.4, -0.2) is 47.6 Å². The fourth-order valence-electron chi connectivity index (χ4n) is 1.47. The summed E-state index contributed by atoms with van der Waals surface area (Å²) in [6.45, 7) is 1.90. The number of aliphatic hydroxyl groups is 1. The number of nitrogens with zero attached hydrogens (tertiary/aromatic N) is 1. The van der Waals surface area contributed by atoms with Crippen LogP contribution >= 0.6 is 0 Å². The van der Waals surface area contributed by atoms with Crippen LogP contribution in [0.15, 0.2) is 0 Å². The van der Waals surface area contributed by atoms with Gasteiger partial charge in [0.25, 0.3) is 0 Å². The molecule has 5 nitrogen and oxygen atoms in total. The van der Waals surface area contributed by atoms with E-state index in [1.54, 1.807) is 0 Å². The standard InChI is InChI=1S/C9H16N2O3/c1-3-6(5-12)10-7-4-8(13)11(2)9(7)14/h6-7,10,12H,3-5H2,1-2H3. The number of likely N-dealkylation sites (N-methyl/N-ethyl adjacent to an activating group) is 1. The van der Waals surface area contributed by atoms with Gasteiger partial charge in [0.15, 0.2) is 0 Å². The molecule has 1 aliphatic heterocycles. The summed E-state index contributed by atoms with van der Waals surface area (Å²) in [4.78, 5) is 23.7. The highest BCUT2D eigenvalue weighted by molar-refractivity contribution is 6.05. The molecule has 1 saturated heterocycles. The van der Waals surface area contributed by atoms with Crippen LogP contribution in [-0.2, 0) is 9.59 Å². The number of carbonyl (C=O) groups is 2. The first-order valence-electron chi connectivity index (χ1n) is 4.77. The van der Waals surface area contributed by atoms with Gasteiger partial charge in [-0.1, -0.05) is 6.92 Å². The fourth-order valence-corrected chi connectivity index (χ4v) is 1.47. The van der Waals surface area contributed by atoms with Gasteiger partial charge in [0, 0.05) is 13.1 Å². The lowest BCUT2D eigenvalue weighted by Gasteiger charge is -2.17. The first-order chi connectivity index (χ1) is 6.60. The minimum absolute atomic E-state index is 0.0157. The molecule has 2 N–H and O–H groups in total. The monoisotopic (exact) mass is 200 g/mol. The van der Waals surface area contributed by atoms with Crippen molar-refractivity contribution in [1.82, 2.24) is 10.2 Å². The zero-order valence-electron chi connectivity index (χ0n) is 8.49. The maximum atomic E-state index is 11.4. The summed E-state index contributed by atoms with van der Waals surface area (Å²) in [5, 5.41) is 11.9. The van der Waals surface area contributed by atoms with E-state index in [0.29, 0.717) is 0 Å². The molecule has 1 rings (SSSR count). The molecule has 2 unspecified atom stereocenters. The molecule has 0 radical (unpaired) electrons.